The maximum atomic E-state index is 12.1. The highest BCUT2D eigenvalue weighted by Crippen LogP contribution is 2.30. The molecule has 1 aliphatic rings. The van der Waals surface area contributed by atoms with Crippen LogP contribution in [0.3, 0.4) is 0 Å². The molecule has 1 unspecified atom stereocenters. The Morgan fingerprint density at radius 1 is 1.58 bits per heavy atom. The zero-order valence-electron chi connectivity index (χ0n) is 11.4. The summed E-state index contributed by atoms with van der Waals surface area (Å²) in [5.41, 5.74) is 0.892. The van der Waals surface area contributed by atoms with Crippen molar-refractivity contribution in [1.29, 1.82) is 0 Å². The second-order valence-electron chi connectivity index (χ2n) is 4.59. The Bertz CT molecular complexity index is 438. The van der Waals surface area contributed by atoms with Gasteiger partial charge in [0, 0.05) is 26.9 Å². The van der Waals surface area contributed by atoms with E-state index >= 15 is 0 Å². The van der Waals surface area contributed by atoms with Crippen molar-refractivity contribution in [1.82, 2.24) is 14.9 Å². The van der Waals surface area contributed by atoms with Crippen LogP contribution in [0.5, 0.6) is 0 Å². The van der Waals surface area contributed by atoms with Gasteiger partial charge in [0.1, 0.15) is 6.61 Å². The molecule has 6 nitrogen and oxygen atoms in total. The van der Waals surface area contributed by atoms with Gasteiger partial charge in [-0.2, -0.15) is 0 Å². The molecular formula is C13H20N4O2. The zero-order chi connectivity index (χ0) is 13.7. The molecule has 6 heteroatoms. The van der Waals surface area contributed by atoms with Crippen LogP contribution in [-0.2, 0) is 9.53 Å². The lowest BCUT2D eigenvalue weighted by atomic mass is 9.99. The molecule has 19 heavy (non-hydrogen) atoms. The molecule has 0 aliphatic carbocycles. The number of anilines is 1. The van der Waals surface area contributed by atoms with Gasteiger partial charge in [-0.15, -0.1) is 0 Å². The van der Waals surface area contributed by atoms with E-state index in [1.54, 1.807) is 20.4 Å². The molecule has 1 aliphatic heterocycles. The molecule has 1 amide bonds. The largest absolute Gasteiger partial charge is 0.375 e. The number of piperidine rings is 1. The molecule has 1 saturated heterocycles. The van der Waals surface area contributed by atoms with Crippen molar-refractivity contribution in [3.05, 3.63) is 18.0 Å². The van der Waals surface area contributed by atoms with Crippen molar-refractivity contribution in [2.75, 3.05) is 32.6 Å². The van der Waals surface area contributed by atoms with Crippen LogP contribution in [0.15, 0.2) is 12.3 Å². The summed E-state index contributed by atoms with van der Waals surface area (Å²) >= 11 is 0. The Hall–Kier alpha value is -1.69. The van der Waals surface area contributed by atoms with Crippen molar-refractivity contribution in [2.24, 2.45) is 0 Å². The van der Waals surface area contributed by atoms with Gasteiger partial charge in [-0.25, -0.2) is 9.97 Å². The molecule has 2 rings (SSSR count). The molecule has 104 valence electrons. The number of rotatable bonds is 4. The SMILES string of the molecule is CNc1nccc(C2CCCCN2C(=O)COC)n1. The number of nitrogens with one attached hydrogen (secondary N) is 1. The number of carbonyl (C=O) groups excluding carboxylic acids is 1. The highest BCUT2D eigenvalue weighted by molar-refractivity contribution is 5.78. The average Bonchev–Trinajstić information content (AvgIpc) is 2.47. The van der Waals surface area contributed by atoms with Crippen LogP contribution in [0.25, 0.3) is 0 Å². The summed E-state index contributed by atoms with van der Waals surface area (Å²) in [6.07, 6.45) is 4.81. The highest BCUT2D eigenvalue weighted by Gasteiger charge is 2.28. The lowest BCUT2D eigenvalue weighted by Crippen LogP contribution is -2.40. The normalized spacial score (nSPS) is 19.3. The lowest BCUT2D eigenvalue weighted by molar-refractivity contribution is -0.139. The zero-order valence-corrected chi connectivity index (χ0v) is 11.4. The van der Waals surface area contributed by atoms with E-state index in [2.05, 4.69) is 15.3 Å². The van der Waals surface area contributed by atoms with E-state index in [9.17, 15) is 4.79 Å². The number of amides is 1. The van der Waals surface area contributed by atoms with E-state index in [4.69, 9.17) is 4.74 Å². The van der Waals surface area contributed by atoms with Crippen molar-refractivity contribution in [3.63, 3.8) is 0 Å². The molecule has 0 radical (unpaired) electrons. The van der Waals surface area contributed by atoms with Gasteiger partial charge >= 0.3 is 0 Å². The van der Waals surface area contributed by atoms with Gasteiger partial charge in [-0.1, -0.05) is 0 Å². The van der Waals surface area contributed by atoms with E-state index in [0.717, 1.165) is 31.5 Å². The summed E-state index contributed by atoms with van der Waals surface area (Å²) in [6, 6.07) is 1.91. The summed E-state index contributed by atoms with van der Waals surface area (Å²) in [7, 11) is 3.33. The maximum absolute atomic E-state index is 12.1. The van der Waals surface area contributed by atoms with Gasteiger partial charge in [0.2, 0.25) is 11.9 Å². The number of nitrogens with zero attached hydrogens (tertiary/aromatic N) is 3. The van der Waals surface area contributed by atoms with Crippen molar-refractivity contribution in [3.8, 4) is 0 Å². The number of methoxy groups -OCH3 is 1. The third kappa shape index (κ3) is 3.20. The Morgan fingerprint density at radius 3 is 3.16 bits per heavy atom. The Labute approximate surface area is 113 Å². The van der Waals surface area contributed by atoms with Gasteiger partial charge in [-0.05, 0) is 25.3 Å². The summed E-state index contributed by atoms with van der Waals surface area (Å²) < 4.78 is 4.95. The van der Waals surface area contributed by atoms with Gasteiger partial charge in [0.05, 0.1) is 11.7 Å². The Morgan fingerprint density at radius 2 is 2.42 bits per heavy atom. The van der Waals surface area contributed by atoms with Crippen LogP contribution in [-0.4, -0.2) is 48.1 Å². The molecule has 0 aromatic carbocycles. The number of carbonyl (C=O) groups is 1. The fourth-order valence-corrected chi connectivity index (χ4v) is 2.42. The van der Waals surface area contributed by atoms with Crippen molar-refractivity contribution >= 4 is 11.9 Å². The summed E-state index contributed by atoms with van der Waals surface area (Å²) in [5.74, 6) is 0.610. The molecule has 1 aromatic rings. The number of hydrogen-bond acceptors (Lipinski definition) is 5. The van der Waals surface area contributed by atoms with Gasteiger partial charge in [0.25, 0.3) is 0 Å². The predicted octanol–water partition coefficient (Wildman–Crippen LogP) is 1.22. The molecule has 1 fully saturated rings. The molecule has 0 saturated carbocycles. The maximum Gasteiger partial charge on any atom is 0.249 e. The van der Waals surface area contributed by atoms with Gasteiger partial charge in [-0.3, -0.25) is 4.79 Å². The minimum absolute atomic E-state index is 0.0248. The molecular weight excluding hydrogens is 244 g/mol. The Kier molecular flexibility index (Phi) is 4.68. The summed E-state index contributed by atoms with van der Waals surface area (Å²) in [5, 5.41) is 2.93. The smallest absolute Gasteiger partial charge is 0.249 e. The Balaban J connectivity index is 2.20. The van der Waals surface area contributed by atoms with Crippen LogP contribution >= 0.6 is 0 Å². The molecule has 0 bridgehead atoms. The first-order valence-corrected chi connectivity index (χ1v) is 6.55. The average molecular weight is 264 g/mol. The van der Waals surface area contributed by atoms with Crippen LogP contribution in [0.1, 0.15) is 31.0 Å². The quantitative estimate of drug-likeness (QED) is 0.885. The number of ether oxygens (including phenoxy) is 1. The lowest BCUT2D eigenvalue weighted by Gasteiger charge is -2.35. The monoisotopic (exact) mass is 264 g/mol. The fraction of sp³-hybridized carbons (Fsp3) is 0.615. The van der Waals surface area contributed by atoms with Crippen molar-refractivity contribution in [2.45, 2.75) is 25.3 Å². The van der Waals surface area contributed by atoms with Crippen LogP contribution in [0, 0.1) is 0 Å². The summed E-state index contributed by atoms with van der Waals surface area (Å²) in [6.45, 7) is 0.895. The highest BCUT2D eigenvalue weighted by atomic mass is 16.5. The van der Waals surface area contributed by atoms with E-state index in [1.807, 2.05) is 11.0 Å². The first-order chi connectivity index (χ1) is 9.26. The van der Waals surface area contributed by atoms with Crippen LogP contribution in [0.4, 0.5) is 5.95 Å². The third-order valence-electron chi connectivity index (χ3n) is 3.33. The van der Waals surface area contributed by atoms with Crippen molar-refractivity contribution < 1.29 is 9.53 Å². The third-order valence-corrected chi connectivity index (χ3v) is 3.33. The van der Waals surface area contributed by atoms with E-state index in [0.29, 0.717) is 5.95 Å². The second kappa shape index (κ2) is 6.47. The molecule has 1 atom stereocenters. The van der Waals surface area contributed by atoms with E-state index in [1.165, 1.54) is 0 Å². The van der Waals surface area contributed by atoms with Crippen LogP contribution < -0.4 is 5.32 Å². The second-order valence-corrected chi connectivity index (χ2v) is 4.59. The van der Waals surface area contributed by atoms with Crippen LogP contribution in [0.2, 0.25) is 0 Å². The van der Waals surface area contributed by atoms with E-state index < -0.39 is 0 Å². The minimum atomic E-state index is 0.0248. The predicted molar refractivity (Wildman–Crippen MR) is 71.8 cm³/mol. The molecule has 0 spiro atoms. The first-order valence-electron chi connectivity index (χ1n) is 6.55. The summed E-state index contributed by atoms with van der Waals surface area (Å²) in [4.78, 5) is 22.5. The van der Waals surface area contributed by atoms with E-state index in [-0.39, 0.29) is 18.6 Å². The first kappa shape index (κ1) is 13.7. The topological polar surface area (TPSA) is 67.4 Å². The molecule has 2 heterocycles. The fourth-order valence-electron chi connectivity index (χ4n) is 2.42. The van der Waals surface area contributed by atoms with Gasteiger partial charge in [0.15, 0.2) is 0 Å². The molecule has 1 N–H and O–H groups in total. The van der Waals surface area contributed by atoms with Gasteiger partial charge < -0.3 is 15.0 Å². The standard InChI is InChI=1S/C13H20N4O2/c1-14-13-15-7-6-10(16-13)11-5-3-4-8-17(11)12(18)9-19-2/h6-7,11H,3-5,8-9H2,1-2H3,(H,14,15,16). The number of hydrogen-bond donors (Lipinski definition) is 1. The molecule has 1 aromatic heterocycles. The number of likely N-dealkylation sites (tertiary alicyclic amines) is 1. The minimum Gasteiger partial charge on any atom is -0.375 e. The number of aromatic nitrogens is 2.